The highest BCUT2D eigenvalue weighted by Gasteiger charge is 2.12. The van der Waals surface area contributed by atoms with Gasteiger partial charge in [-0.25, -0.2) is 13.1 Å². The zero-order valence-corrected chi connectivity index (χ0v) is 12.0. The molecule has 1 saturated heterocycles. The molecule has 1 aliphatic heterocycles. The summed E-state index contributed by atoms with van der Waals surface area (Å²) in [6.45, 7) is 5.40. The average Bonchev–Trinajstić information content (AvgIpc) is 2.36. The Balaban J connectivity index is 2.08. The lowest BCUT2D eigenvalue weighted by atomic mass is 10.3. The van der Waals surface area contributed by atoms with Crippen molar-refractivity contribution in [1.82, 2.24) is 14.9 Å². The summed E-state index contributed by atoms with van der Waals surface area (Å²) in [6, 6.07) is 0. The van der Waals surface area contributed by atoms with Gasteiger partial charge < -0.3 is 10.1 Å². The highest BCUT2D eigenvalue weighted by Crippen LogP contribution is 1.97. The van der Waals surface area contributed by atoms with Crippen molar-refractivity contribution in [3.05, 3.63) is 0 Å². The number of morpholine rings is 1. The molecule has 1 rings (SSSR count). The van der Waals surface area contributed by atoms with Crippen molar-refractivity contribution in [2.45, 2.75) is 12.8 Å². The van der Waals surface area contributed by atoms with E-state index in [1.165, 1.54) is 0 Å². The molecule has 0 atom stereocenters. The Hall–Kier alpha value is -0.210. The third kappa shape index (κ3) is 7.27. The van der Waals surface area contributed by atoms with Crippen LogP contribution in [0.15, 0.2) is 0 Å². The minimum atomic E-state index is -3.10. The average molecular weight is 279 g/mol. The second kappa shape index (κ2) is 8.82. The molecule has 0 amide bonds. The Morgan fingerprint density at radius 3 is 2.56 bits per heavy atom. The second-order valence-corrected chi connectivity index (χ2v) is 6.40. The second-order valence-electron chi connectivity index (χ2n) is 4.48. The molecule has 1 aliphatic rings. The molecule has 0 bridgehead atoms. The SMILES string of the molecule is CNCCCCS(=O)(=O)NCCN1CCOCC1. The summed E-state index contributed by atoms with van der Waals surface area (Å²) >= 11 is 0. The van der Waals surface area contributed by atoms with E-state index in [9.17, 15) is 8.42 Å². The van der Waals surface area contributed by atoms with Crippen molar-refractivity contribution < 1.29 is 13.2 Å². The van der Waals surface area contributed by atoms with Crippen molar-refractivity contribution in [2.24, 2.45) is 0 Å². The van der Waals surface area contributed by atoms with Gasteiger partial charge in [-0.1, -0.05) is 0 Å². The fourth-order valence-electron chi connectivity index (χ4n) is 1.85. The zero-order valence-electron chi connectivity index (χ0n) is 11.2. The van der Waals surface area contributed by atoms with E-state index < -0.39 is 10.0 Å². The van der Waals surface area contributed by atoms with Gasteiger partial charge in [-0.2, -0.15) is 0 Å². The lowest BCUT2D eigenvalue weighted by Gasteiger charge is -2.26. The van der Waals surface area contributed by atoms with E-state index in [1.807, 2.05) is 7.05 Å². The van der Waals surface area contributed by atoms with Gasteiger partial charge >= 0.3 is 0 Å². The van der Waals surface area contributed by atoms with E-state index in [-0.39, 0.29) is 5.75 Å². The van der Waals surface area contributed by atoms with Crippen molar-refractivity contribution in [1.29, 1.82) is 0 Å². The Labute approximate surface area is 110 Å². The number of nitrogens with zero attached hydrogens (tertiary/aromatic N) is 1. The number of hydrogen-bond acceptors (Lipinski definition) is 5. The van der Waals surface area contributed by atoms with Crippen molar-refractivity contribution in [2.75, 3.05) is 58.7 Å². The van der Waals surface area contributed by atoms with E-state index in [0.29, 0.717) is 13.0 Å². The van der Waals surface area contributed by atoms with E-state index in [1.54, 1.807) is 0 Å². The zero-order chi connectivity index (χ0) is 13.3. The molecule has 1 heterocycles. The van der Waals surface area contributed by atoms with Crippen LogP contribution in [-0.2, 0) is 14.8 Å². The number of nitrogens with one attached hydrogen (secondary N) is 2. The molecule has 0 spiro atoms. The summed E-state index contributed by atoms with van der Waals surface area (Å²) in [5.41, 5.74) is 0. The standard InChI is InChI=1S/C11H25N3O3S/c1-12-4-2-3-11-18(15,16)13-5-6-14-7-9-17-10-8-14/h12-13H,2-11H2,1H3. The number of hydrogen-bond donors (Lipinski definition) is 2. The fraction of sp³-hybridized carbons (Fsp3) is 1.00. The Bertz CT molecular complexity index is 303. The topological polar surface area (TPSA) is 70.7 Å². The summed E-state index contributed by atoms with van der Waals surface area (Å²) in [6.07, 6.45) is 1.59. The van der Waals surface area contributed by atoms with Gasteiger partial charge in [-0.3, -0.25) is 4.90 Å². The van der Waals surface area contributed by atoms with E-state index in [2.05, 4.69) is 14.9 Å². The Kier molecular flexibility index (Phi) is 7.76. The van der Waals surface area contributed by atoms with Crippen LogP contribution in [0.2, 0.25) is 0 Å². The summed E-state index contributed by atoms with van der Waals surface area (Å²) in [5.74, 6) is 0.220. The van der Waals surface area contributed by atoms with Crippen LogP contribution in [0.25, 0.3) is 0 Å². The summed E-state index contributed by atoms with van der Waals surface area (Å²) in [4.78, 5) is 2.22. The number of rotatable bonds is 9. The van der Waals surface area contributed by atoms with E-state index in [0.717, 1.165) is 45.8 Å². The van der Waals surface area contributed by atoms with Gasteiger partial charge in [-0.05, 0) is 26.4 Å². The summed E-state index contributed by atoms with van der Waals surface area (Å²) in [5, 5.41) is 3.01. The lowest BCUT2D eigenvalue weighted by Crippen LogP contribution is -2.41. The highest BCUT2D eigenvalue weighted by atomic mass is 32.2. The predicted molar refractivity (Wildman–Crippen MR) is 72.2 cm³/mol. The van der Waals surface area contributed by atoms with E-state index in [4.69, 9.17) is 4.74 Å². The maximum Gasteiger partial charge on any atom is 0.211 e. The minimum absolute atomic E-state index is 0.220. The summed E-state index contributed by atoms with van der Waals surface area (Å²) in [7, 11) is -1.23. The van der Waals surface area contributed by atoms with Crippen LogP contribution in [0.5, 0.6) is 0 Å². The largest absolute Gasteiger partial charge is 0.379 e. The predicted octanol–water partition coefficient (Wildman–Crippen LogP) is -0.762. The number of ether oxygens (including phenoxy) is 1. The molecular weight excluding hydrogens is 254 g/mol. The van der Waals surface area contributed by atoms with Crippen LogP contribution < -0.4 is 10.0 Å². The molecule has 0 aliphatic carbocycles. The monoisotopic (exact) mass is 279 g/mol. The molecule has 0 aromatic rings. The Morgan fingerprint density at radius 1 is 1.17 bits per heavy atom. The molecule has 0 saturated carbocycles. The maximum atomic E-state index is 11.7. The molecule has 0 aromatic heterocycles. The molecule has 0 unspecified atom stereocenters. The van der Waals surface area contributed by atoms with Gasteiger partial charge in [0.05, 0.1) is 19.0 Å². The molecule has 0 radical (unpaired) electrons. The maximum absolute atomic E-state index is 11.7. The number of unbranched alkanes of at least 4 members (excludes halogenated alkanes) is 1. The molecule has 1 fully saturated rings. The molecule has 18 heavy (non-hydrogen) atoms. The number of sulfonamides is 1. The highest BCUT2D eigenvalue weighted by molar-refractivity contribution is 7.89. The fourth-order valence-corrected chi connectivity index (χ4v) is 2.98. The van der Waals surface area contributed by atoms with Crippen molar-refractivity contribution in [3.8, 4) is 0 Å². The van der Waals surface area contributed by atoms with Crippen molar-refractivity contribution in [3.63, 3.8) is 0 Å². The molecule has 2 N–H and O–H groups in total. The Morgan fingerprint density at radius 2 is 1.89 bits per heavy atom. The third-order valence-electron chi connectivity index (χ3n) is 2.94. The first-order chi connectivity index (χ1) is 8.64. The smallest absolute Gasteiger partial charge is 0.211 e. The minimum Gasteiger partial charge on any atom is -0.379 e. The quantitative estimate of drug-likeness (QED) is 0.543. The molecule has 7 heteroatoms. The molecule has 108 valence electrons. The van der Waals surface area contributed by atoms with Gasteiger partial charge in [0.25, 0.3) is 0 Å². The first-order valence-electron chi connectivity index (χ1n) is 6.56. The molecule has 0 aromatic carbocycles. The van der Waals surface area contributed by atoms with Gasteiger partial charge in [0, 0.05) is 26.2 Å². The van der Waals surface area contributed by atoms with Gasteiger partial charge in [0.1, 0.15) is 0 Å². The van der Waals surface area contributed by atoms with Crippen LogP contribution in [0.3, 0.4) is 0 Å². The van der Waals surface area contributed by atoms with Crippen molar-refractivity contribution >= 4 is 10.0 Å². The molecular formula is C11H25N3O3S. The van der Waals surface area contributed by atoms with Crippen LogP contribution in [-0.4, -0.2) is 72.1 Å². The van der Waals surface area contributed by atoms with Crippen LogP contribution in [0.4, 0.5) is 0 Å². The van der Waals surface area contributed by atoms with Gasteiger partial charge in [0.2, 0.25) is 10.0 Å². The van der Waals surface area contributed by atoms with Crippen LogP contribution in [0.1, 0.15) is 12.8 Å². The van der Waals surface area contributed by atoms with Crippen LogP contribution in [0, 0.1) is 0 Å². The normalized spacial score (nSPS) is 18.1. The third-order valence-corrected chi connectivity index (χ3v) is 4.41. The first kappa shape index (κ1) is 15.8. The molecule has 6 nitrogen and oxygen atoms in total. The van der Waals surface area contributed by atoms with Crippen LogP contribution >= 0.6 is 0 Å². The summed E-state index contributed by atoms with van der Waals surface area (Å²) < 4.78 is 31.2. The van der Waals surface area contributed by atoms with E-state index >= 15 is 0 Å². The lowest BCUT2D eigenvalue weighted by molar-refractivity contribution is 0.0390. The van der Waals surface area contributed by atoms with Gasteiger partial charge in [-0.15, -0.1) is 0 Å². The first-order valence-corrected chi connectivity index (χ1v) is 8.21. The van der Waals surface area contributed by atoms with Gasteiger partial charge in [0.15, 0.2) is 0 Å².